The number of rotatable bonds is 36. The molecule has 0 rings (SSSR count). The lowest BCUT2D eigenvalue weighted by molar-refractivity contribution is -0.153. The van der Waals surface area contributed by atoms with Gasteiger partial charge in [0.15, 0.2) is 6.10 Å². The van der Waals surface area contributed by atoms with Crippen LogP contribution < -0.4 is 5.73 Å². The van der Waals surface area contributed by atoms with Crippen molar-refractivity contribution in [2.45, 2.75) is 180 Å². The summed E-state index contributed by atoms with van der Waals surface area (Å²) >= 11 is 0. The van der Waals surface area contributed by atoms with Crippen LogP contribution in [0.25, 0.3) is 0 Å². The first-order valence-electron chi connectivity index (χ1n) is 18.9. The van der Waals surface area contributed by atoms with Crippen LogP contribution in [0.15, 0.2) is 24.5 Å². The van der Waals surface area contributed by atoms with Crippen LogP contribution in [-0.4, -0.2) is 43.3 Å². The van der Waals surface area contributed by atoms with Gasteiger partial charge in [-0.05, 0) is 51.0 Å². The van der Waals surface area contributed by atoms with Crippen LogP contribution in [0.1, 0.15) is 174 Å². The third-order valence-corrected chi connectivity index (χ3v) is 8.92. The largest absolute Gasteiger partial charge is 0.498 e. The molecule has 0 fully saturated rings. The SMILES string of the molecule is CCCCCCC=CCCCCCCCCC=COC[C@H](COP(=O)(O)OCCN)OC(=O)CCCCCCCCCCCCC. The van der Waals surface area contributed by atoms with Gasteiger partial charge in [-0.15, -0.1) is 0 Å². The van der Waals surface area contributed by atoms with Crippen molar-refractivity contribution in [1.82, 2.24) is 0 Å². The molecule has 0 aliphatic rings. The van der Waals surface area contributed by atoms with E-state index < -0.39 is 13.9 Å². The number of phosphoric ester groups is 1. The lowest BCUT2D eigenvalue weighted by Gasteiger charge is -2.19. The molecular formula is C37H72NO7P. The van der Waals surface area contributed by atoms with Crippen LogP contribution in [-0.2, 0) is 27.9 Å². The number of unbranched alkanes of at least 4 members (excludes halogenated alkanes) is 21. The Morgan fingerprint density at radius 2 is 1.11 bits per heavy atom. The van der Waals surface area contributed by atoms with E-state index in [9.17, 15) is 14.3 Å². The Balaban J connectivity index is 4.13. The highest BCUT2D eigenvalue weighted by molar-refractivity contribution is 7.47. The average Bonchev–Trinajstić information content (AvgIpc) is 3.04. The van der Waals surface area contributed by atoms with Crippen molar-refractivity contribution in [3.63, 3.8) is 0 Å². The molecule has 0 bridgehead atoms. The second-order valence-corrected chi connectivity index (χ2v) is 14.0. The molecule has 0 aliphatic carbocycles. The third kappa shape index (κ3) is 34.2. The monoisotopic (exact) mass is 674 g/mol. The van der Waals surface area contributed by atoms with Crippen molar-refractivity contribution in [3.05, 3.63) is 24.5 Å². The van der Waals surface area contributed by atoms with Gasteiger partial charge in [0.25, 0.3) is 0 Å². The number of hydrogen-bond acceptors (Lipinski definition) is 7. The molecule has 0 aromatic carbocycles. The van der Waals surface area contributed by atoms with Crippen molar-refractivity contribution in [3.8, 4) is 0 Å². The summed E-state index contributed by atoms with van der Waals surface area (Å²) < 4.78 is 33.0. The van der Waals surface area contributed by atoms with Gasteiger partial charge in [-0.2, -0.15) is 0 Å². The van der Waals surface area contributed by atoms with E-state index in [2.05, 4.69) is 26.0 Å². The van der Waals surface area contributed by atoms with Crippen molar-refractivity contribution in [1.29, 1.82) is 0 Å². The van der Waals surface area contributed by atoms with E-state index in [1.807, 2.05) is 6.08 Å². The molecule has 0 heterocycles. The van der Waals surface area contributed by atoms with Gasteiger partial charge in [0, 0.05) is 13.0 Å². The maximum Gasteiger partial charge on any atom is 0.472 e. The Kier molecular flexibility index (Phi) is 34.2. The summed E-state index contributed by atoms with van der Waals surface area (Å²) in [6.07, 6.45) is 37.1. The molecule has 9 heteroatoms. The molecular weight excluding hydrogens is 601 g/mol. The average molecular weight is 674 g/mol. The summed E-state index contributed by atoms with van der Waals surface area (Å²) in [6.45, 7) is 4.21. The smallest absolute Gasteiger partial charge is 0.472 e. The van der Waals surface area contributed by atoms with Crippen molar-refractivity contribution in [2.75, 3.05) is 26.4 Å². The summed E-state index contributed by atoms with van der Waals surface area (Å²) in [5, 5.41) is 0. The summed E-state index contributed by atoms with van der Waals surface area (Å²) in [5.74, 6) is -0.355. The molecule has 3 N–H and O–H groups in total. The molecule has 0 saturated heterocycles. The first-order chi connectivity index (χ1) is 22.4. The van der Waals surface area contributed by atoms with Crippen LogP contribution >= 0.6 is 7.82 Å². The number of nitrogens with two attached hydrogens (primary N) is 1. The first-order valence-corrected chi connectivity index (χ1v) is 20.4. The molecule has 0 aliphatic heterocycles. The number of esters is 1. The first kappa shape index (κ1) is 44.8. The van der Waals surface area contributed by atoms with Gasteiger partial charge < -0.3 is 20.1 Å². The van der Waals surface area contributed by atoms with Crippen LogP contribution in [0, 0.1) is 0 Å². The topological polar surface area (TPSA) is 117 Å². The lowest BCUT2D eigenvalue weighted by atomic mass is 10.1. The minimum atomic E-state index is -4.28. The zero-order chi connectivity index (χ0) is 33.8. The molecule has 46 heavy (non-hydrogen) atoms. The van der Waals surface area contributed by atoms with E-state index in [1.165, 1.54) is 122 Å². The van der Waals surface area contributed by atoms with Gasteiger partial charge in [-0.3, -0.25) is 13.8 Å². The Hall–Kier alpha value is -1.18. The van der Waals surface area contributed by atoms with Gasteiger partial charge in [0.05, 0.1) is 19.5 Å². The highest BCUT2D eigenvalue weighted by Gasteiger charge is 2.25. The Morgan fingerprint density at radius 3 is 1.63 bits per heavy atom. The van der Waals surface area contributed by atoms with Crippen molar-refractivity contribution in [2.24, 2.45) is 5.73 Å². The number of allylic oxidation sites excluding steroid dienone is 3. The predicted octanol–water partition coefficient (Wildman–Crippen LogP) is 10.9. The second kappa shape index (κ2) is 35.1. The normalized spacial score (nSPS) is 13.8. The van der Waals surface area contributed by atoms with Crippen LogP contribution in [0.4, 0.5) is 0 Å². The Labute approximate surface area is 283 Å². The highest BCUT2D eigenvalue weighted by atomic mass is 31.2. The number of ether oxygens (including phenoxy) is 2. The molecule has 0 spiro atoms. The fraction of sp³-hybridized carbons (Fsp3) is 0.865. The van der Waals surface area contributed by atoms with Crippen LogP contribution in [0.5, 0.6) is 0 Å². The maximum absolute atomic E-state index is 12.5. The number of hydrogen-bond donors (Lipinski definition) is 2. The minimum Gasteiger partial charge on any atom is -0.498 e. The molecule has 0 aromatic heterocycles. The molecule has 1 unspecified atom stereocenters. The fourth-order valence-corrected chi connectivity index (χ4v) is 5.90. The van der Waals surface area contributed by atoms with Gasteiger partial charge in [0.1, 0.15) is 6.61 Å². The van der Waals surface area contributed by atoms with Crippen LogP contribution in [0.3, 0.4) is 0 Å². The van der Waals surface area contributed by atoms with Gasteiger partial charge >= 0.3 is 13.8 Å². The molecule has 0 amide bonds. The maximum atomic E-state index is 12.5. The molecule has 0 radical (unpaired) electrons. The third-order valence-electron chi connectivity index (χ3n) is 7.94. The van der Waals surface area contributed by atoms with Crippen molar-refractivity contribution < 1.29 is 32.8 Å². The fourth-order valence-electron chi connectivity index (χ4n) is 5.13. The molecule has 2 atom stereocenters. The molecule has 0 aromatic rings. The van der Waals surface area contributed by atoms with E-state index in [0.29, 0.717) is 6.42 Å². The quantitative estimate of drug-likeness (QED) is 0.0222. The van der Waals surface area contributed by atoms with Crippen molar-refractivity contribution >= 4 is 13.8 Å². The van der Waals surface area contributed by atoms with E-state index in [-0.39, 0.29) is 32.3 Å². The van der Waals surface area contributed by atoms with Gasteiger partial charge in [-0.1, -0.05) is 135 Å². The van der Waals surface area contributed by atoms with Crippen LogP contribution in [0.2, 0.25) is 0 Å². The number of phosphoric acid groups is 1. The van der Waals surface area contributed by atoms with Gasteiger partial charge in [-0.25, -0.2) is 4.57 Å². The van der Waals surface area contributed by atoms with E-state index >= 15 is 0 Å². The summed E-state index contributed by atoms with van der Waals surface area (Å²) in [7, 11) is -4.28. The summed E-state index contributed by atoms with van der Waals surface area (Å²) in [5.41, 5.74) is 5.34. The number of carbonyl (C=O) groups is 1. The standard InChI is InChI=1S/C37H72NO7P/c1-3-5-7-9-11-13-15-16-17-18-19-21-23-25-27-29-32-42-34-36(35-44-46(40,41)43-33-31-38)45-37(39)30-28-26-24-22-20-14-12-10-8-6-4-2/h13,15,29,32,36H,3-12,14,16-28,30-31,33-35,38H2,1-2H3,(H,40,41)/t36-/m1/s1. The Bertz CT molecular complexity index is 762. The predicted molar refractivity (Wildman–Crippen MR) is 192 cm³/mol. The highest BCUT2D eigenvalue weighted by Crippen LogP contribution is 2.43. The summed E-state index contributed by atoms with van der Waals surface area (Å²) in [4.78, 5) is 22.3. The minimum absolute atomic E-state index is 0.0323. The van der Waals surface area contributed by atoms with E-state index in [1.54, 1.807) is 6.26 Å². The second-order valence-electron chi connectivity index (χ2n) is 12.5. The summed E-state index contributed by atoms with van der Waals surface area (Å²) in [6, 6.07) is 0. The zero-order valence-corrected chi connectivity index (χ0v) is 30.7. The molecule has 0 saturated carbocycles. The lowest BCUT2D eigenvalue weighted by Crippen LogP contribution is -2.27. The molecule has 8 nitrogen and oxygen atoms in total. The Morgan fingerprint density at radius 1 is 0.652 bits per heavy atom. The van der Waals surface area contributed by atoms with E-state index in [4.69, 9.17) is 24.3 Å². The molecule has 272 valence electrons. The zero-order valence-electron chi connectivity index (χ0n) is 29.8. The van der Waals surface area contributed by atoms with E-state index in [0.717, 1.165) is 32.1 Å². The number of carbonyl (C=O) groups excluding carboxylic acids is 1. The van der Waals surface area contributed by atoms with Gasteiger partial charge in [0.2, 0.25) is 0 Å².